The Balaban J connectivity index is 1.79. The summed E-state index contributed by atoms with van der Waals surface area (Å²) >= 11 is 0. The standard InChI is InChI=1S/C20H32/c1-14-8-11-20-13-15(14)12-16(20)6-7-17-18(2,3)9-5-10-19(17,20)4/h15-17H,1,5-13H2,2-4H3/t15-,16+,17+,19+,20+/m1/s1. The van der Waals surface area contributed by atoms with E-state index in [1.165, 1.54) is 57.8 Å². The summed E-state index contributed by atoms with van der Waals surface area (Å²) in [4.78, 5) is 0. The number of allylic oxidation sites excluding steroid dienone is 1. The molecule has 112 valence electrons. The molecule has 0 heterocycles. The van der Waals surface area contributed by atoms with E-state index in [2.05, 4.69) is 27.4 Å². The summed E-state index contributed by atoms with van der Waals surface area (Å²) in [5.74, 6) is 2.89. The van der Waals surface area contributed by atoms with E-state index in [1.54, 1.807) is 5.57 Å². The van der Waals surface area contributed by atoms with E-state index in [9.17, 15) is 0 Å². The molecule has 0 unspecified atom stereocenters. The molecule has 0 radical (unpaired) electrons. The minimum absolute atomic E-state index is 0.583. The molecule has 5 atom stereocenters. The van der Waals surface area contributed by atoms with Crippen LogP contribution in [0.4, 0.5) is 0 Å². The van der Waals surface area contributed by atoms with Gasteiger partial charge in [-0.2, -0.15) is 0 Å². The summed E-state index contributed by atoms with van der Waals surface area (Å²) in [6, 6.07) is 0. The van der Waals surface area contributed by atoms with Gasteiger partial charge in [-0.05, 0) is 85.4 Å². The van der Waals surface area contributed by atoms with E-state index >= 15 is 0 Å². The molecule has 0 heteroatoms. The van der Waals surface area contributed by atoms with Gasteiger partial charge in [-0.15, -0.1) is 0 Å². The van der Waals surface area contributed by atoms with Gasteiger partial charge in [-0.1, -0.05) is 39.3 Å². The topological polar surface area (TPSA) is 0 Å². The zero-order valence-electron chi connectivity index (χ0n) is 13.8. The summed E-state index contributed by atoms with van der Waals surface area (Å²) in [5, 5.41) is 0. The summed E-state index contributed by atoms with van der Waals surface area (Å²) in [5.41, 5.74) is 3.51. The Labute approximate surface area is 125 Å². The largest absolute Gasteiger partial charge is 0.0996 e. The van der Waals surface area contributed by atoms with Crippen LogP contribution in [-0.4, -0.2) is 0 Å². The van der Waals surface area contributed by atoms with Crippen molar-refractivity contribution in [2.75, 3.05) is 0 Å². The van der Waals surface area contributed by atoms with Crippen molar-refractivity contribution < 1.29 is 0 Å². The number of hydrogen-bond acceptors (Lipinski definition) is 0. The fraction of sp³-hybridized carbons (Fsp3) is 0.900. The first-order valence-corrected chi connectivity index (χ1v) is 9.07. The first-order valence-electron chi connectivity index (χ1n) is 9.07. The van der Waals surface area contributed by atoms with Crippen LogP contribution in [0.25, 0.3) is 0 Å². The van der Waals surface area contributed by atoms with Gasteiger partial charge in [-0.3, -0.25) is 0 Å². The highest BCUT2D eigenvalue weighted by atomic mass is 14.7. The van der Waals surface area contributed by atoms with Gasteiger partial charge >= 0.3 is 0 Å². The molecule has 20 heavy (non-hydrogen) atoms. The molecule has 2 bridgehead atoms. The Morgan fingerprint density at radius 2 is 1.85 bits per heavy atom. The van der Waals surface area contributed by atoms with Crippen molar-refractivity contribution in [2.24, 2.45) is 34.0 Å². The second-order valence-corrected chi connectivity index (χ2v) is 9.54. The molecule has 4 fully saturated rings. The molecule has 4 aliphatic carbocycles. The number of hydrogen-bond donors (Lipinski definition) is 0. The first kappa shape index (κ1) is 13.4. The maximum absolute atomic E-state index is 4.40. The fourth-order valence-electron chi connectivity index (χ4n) is 7.64. The normalized spacial score (nSPS) is 53.4. The molecular weight excluding hydrogens is 240 g/mol. The molecule has 4 saturated carbocycles. The molecule has 0 aromatic carbocycles. The van der Waals surface area contributed by atoms with E-state index in [-0.39, 0.29) is 0 Å². The Morgan fingerprint density at radius 1 is 1.05 bits per heavy atom. The lowest BCUT2D eigenvalue weighted by molar-refractivity contribution is -0.155. The van der Waals surface area contributed by atoms with Crippen LogP contribution in [0, 0.1) is 34.0 Å². The predicted molar refractivity (Wildman–Crippen MR) is 85.5 cm³/mol. The predicted octanol–water partition coefficient (Wildman–Crippen LogP) is 5.98. The Bertz CT molecular complexity index is 445. The summed E-state index contributed by atoms with van der Waals surface area (Å²) in [7, 11) is 0. The Kier molecular flexibility index (Phi) is 2.63. The van der Waals surface area contributed by atoms with Crippen molar-refractivity contribution >= 4 is 0 Å². The van der Waals surface area contributed by atoms with E-state index in [4.69, 9.17) is 0 Å². The molecule has 0 aliphatic heterocycles. The first-order chi connectivity index (χ1) is 9.39. The molecule has 0 amide bonds. The maximum atomic E-state index is 4.40. The van der Waals surface area contributed by atoms with Gasteiger partial charge in [0.05, 0.1) is 0 Å². The van der Waals surface area contributed by atoms with Crippen LogP contribution < -0.4 is 0 Å². The highest BCUT2D eigenvalue weighted by Crippen LogP contribution is 2.74. The second kappa shape index (κ2) is 3.93. The third-order valence-electron chi connectivity index (χ3n) is 8.60. The molecular formula is C20H32. The second-order valence-electron chi connectivity index (χ2n) is 9.54. The summed E-state index contributed by atoms with van der Waals surface area (Å²) in [6.45, 7) is 12.3. The van der Waals surface area contributed by atoms with Gasteiger partial charge in [0.25, 0.3) is 0 Å². The Hall–Kier alpha value is -0.260. The number of fused-ring (bicyclic) bond motifs is 2. The van der Waals surface area contributed by atoms with Gasteiger partial charge in [0.15, 0.2) is 0 Å². The smallest absolute Gasteiger partial charge is 0.0197 e. The average Bonchev–Trinajstić information content (AvgIpc) is 2.70. The van der Waals surface area contributed by atoms with Gasteiger partial charge in [0.2, 0.25) is 0 Å². The van der Waals surface area contributed by atoms with Crippen molar-refractivity contribution in [2.45, 2.75) is 78.6 Å². The third-order valence-corrected chi connectivity index (χ3v) is 8.60. The molecule has 1 spiro atoms. The van der Waals surface area contributed by atoms with E-state index in [1.807, 2.05) is 0 Å². The lowest BCUT2D eigenvalue weighted by Crippen LogP contribution is -2.57. The highest BCUT2D eigenvalue weighted by molar-refractivity contribution is 5.22. The molecule has 0 aromatic heterocycles. The van der Waals surface area contributed by atoms with Crippen LogP contribution in [0.1, 0.15) is 78.6 Å². The van der Waals surface area contributed by atoms with Gasteiger partial charge in [0, 0.05) is 0 Å². The molecule has 4 rings (SSSR count). The van der Waals surface area contributed by atoms with Crippen molar-refractivity contribution in [1.82, 2.24) is 0 Å². The van der Waals surface area contributed by atoms with Gasteiger partial charge < -0.3 is 0 Å². The minimum Gasteiger partial charge on any atom is -0.0996 e. The minimum atomic E-state index is 0.583. The van der Waals surface area contributed by atoms with Crippen molar-refractivity contribution in [3.8, 4) is 0 Å². The summed E-state index contributed by atoms with van der Waals surface area (Å²) < 4.78 is 0. The molecule has 0 saturated heterocycles. The fourth-order valence-corrected chi connectivity index (χ4v) is 7.64. The zero-order chi connectivity index (χ0) is 14.2. The zero-order valence-corrected chi connectivity index (χ0v) is 13.8. The lowest BCUT2D eigenvalue weighted by Gasteiger charge is -2.65. The van der Waals surface area contributed by atoms with Crippen molar-refractivity contribution in [1.29, 1.82) is 0 Å². The van der Waals surface area contributed by atoms with Crippen LogP contribution in [-0.2, 0) is 0 Å². The highest BCUT2D eigenvalue weighted by Gasteiger charge is 2.65. The lowest BCUT2D eigenvalue weighted by atomic mass is 9.40. The average molecular weight is 272 g/mol. The van der Waals surface area contributed by atoms with E-state index < -0.39 is 0 Å². The van der Waals surface area contributed by atoms with Crippen molar-refractivity contribution in [3.63, 3.8) is 0 Å². The van der Waals surface area contributed by atoms with E-state index in [0.29, 0.717) is 16.2 Å². The molecule has 0 nitrogen and oxygen atoms in total. The third kappa shape index (κ3) is 1.44. The Morgan fingerprint density at radius 3 is 2.65 bits per heavy atom. The SMILES string of the molecule is C=C1CC[C@]23C[C@H]1C[C@@H]2CC[C@H]1C(C)(C)CCC[C@@]13C. The van der Waals surface area contributed by atoms with Gasteiger partial charge in [-0.25, -0.2) is 0 Å². The maximum Gasteiger partial charge on any atom is -0.0197 e. The number of rotatable bonds is 0. The molecule has 0 N–H and O–H groups in total. The van der Waals surface area contributed by atoms with Crippen LogP contribution in [0.2, 0.25) is 0 Å². The van der Waals surface area contributed by atoms with E-state index in [0.717, 1.165) is 17.8 Å². The monoisotopic (exact) mass is 272 g/mol. The van der Waals surface area contributed by atoms with Crippen LogP contribution in [0.5, 0.6) is 0 Å². The van der Waals surface area contributed by atoms with Crippen LogP contribution in [0.3, 0.4) is 0 Å². The van der Waals surface area contributed by atoms with Crippen molar-refractivity contribution in [3.05, 3.63) is 12.2 Å². The van der Waals surface area contributed by atoms with Gasteiger partial charge in [0.1, 0.15) is 0 Å². The molecule has 4 aliphatic rings. The molecule has 0 aromatic rings. The van der Waals surface area contributed by atoms with Crippen LogP contribution in [0.15, 0.2) is 12.2 Å². The van der Waals surface area contributed by atoms with Crippen LogP contribution >= 0.6 is 0 Å². The quantitative estimate of drug-likeness (QED) is 0.476. The summed E-state index contributed by atoms with van der Waals surface area (Å²) in [6.07, 6.45) is 13.3.